The number of nitrogens with zero attached hydrogens (tertiary/aromatic N) is 2. The van der Waals surface area contributed by atoms with E-state index in [2.05, 4.69) is 59.4 Å². The van der Waals surface area contributed by atoms with Gasteiger partial charge in [-0.1, -0.05) is 49.4 Å². The molecule has 0 aliphatic carbocycles. The van der Waals surface area contributed by atoms with Crippen LogP contribution in [-0.2, 0) is 6.54 Å². The summed E-state index contributed by atoms with van der Waals surface area (Å²) in [6.07, 6.45) is 0.889. The molecule has 1 unspecified atom stereocenters. The van der Waals surface area contributed by atoms with Crippen LogP contribution in [0.15, 0.2) is 66.7 Å². The van der Waals surface area contributed by atoms with Gasteiger partial charge in [-0.15, -0.1) is 11.3 Å². The molecule has 1 atom stereocenters. The van der Waals surface area contributed by atoms with Crippen molar-refractivity contribution in [3.05, 3.63) is 77.2 Å². The largest absolute Gasteiger partial charge is 0.490 e. The number of ether oxygens (including phenoxy) is 1. The highest BCUT2D eigenvalue weighted by molar-refractivity contribution is 7.18. The number of carbonyl (C=O) groups is 1. The van der Waals surface area contributed by atoms with Gasteiger partial charge in [0, 0.05) is 19.1 Å². The number of likely N-dealkylation sites (N-methyl/N-ethyl adjacent to an activating group) is 1. The maximum Gasteiger partial charge on any atom is 0.261 e. The van der Waals surface area contributed by atoms with Crippen molar-refractivity contribution >= 4 is 27.9 Å². The number of hydrogen-bond acceptors (Lipinski definition) is 5. The third kappa shape index (κ3) is 5.27. The highest BCUT2D eigenvalue weighted by atomic mass is 32.1. The van der Waals surface area contributed by atoms with E-state index >= 15 is 0 Å². The maximum absolute atomic E-state index is 12.9. The number of fused-ring (bicyclic) bond motifs is 1. The first-order chi connectivity index (χ1) is 15.1. The van der Waals surface area contributed by atoms with Gasteiger partial charge < -0.3 is 19.9 Å². The standard InChI is InChI=1S/C25H29N3O2S/c1-3-20(18-27(2)17-19-9-5-4-6-10-19)26-25(29)23-13-14-24(31-23)28-15-16-30-22-12-8-7-11-21(22)28/h4-14,20H,3,15-18H2,1-2H3,(H,26,29). The second kappa shape index (κ2) is 9.98. The topological polar surface area (TPSA) is 44.8 Å². The maximum atomic E-state index is 12.9. The van der Waals surface area contributed by atoms with Crippen LogP contribution in [0.5, 0.6) is 5.75 Å². The minimum atomic E-state index is -0.00208. The molecule has 0 fully saturated rings. The van der Waals surface area contributed by atoms with Crippen LogP contribution in [-0.4, -0.2) is 43.6 Å². The Bertz CT molecular complexity index is 1000. The molecule has 0 radical (unpaired) electrons. The zero-order valence-corrected chi connectivity index (χ0v) is 18.9. The molecule has 0 bridgehead atoms. The first-order valence-corrected chi connectivity index (χ1v) is 11.6. The SMILES string of the molecule is CCC(CN(C)Cc1ccccc1)NC(=O)c1ccc(N2CCOc3ccccc32)s1. The molecule has 0 saturated heterocycles. The zero-order chi connectivity index (χ0) is 21.6. The molecule has 6 heteroatoms. The van der Waals surface area contributed by atoms with Crippen molar-refractivity contribution in [2.75, 3.05) is 31.6 Å². The number of para-hydroxylation sites is 2. The van der Waals surface area contributed by atoms with Crippen molar-refractivity contribution in [3.8, 4) is 5.75 Å². The van der Waals surface area contributed by atoms with Crippen molar-refractivity contribution in [2.45, 2.75) is 25.9 Å². The Labute approximate surface area is 188 Å². The summed E-state index contributed by atoms with van der Waals surface area (Å²) in [4.78, 5) is 18.2. The lowest BCUT2D eigenvalue weighted by molar-refractivity contribution is 0.0930. The van der Waals surface area contributed by atoms with Crippen LogP contribution in [0.1, 0.15) is 28.6 Å². The fourth-order valence-corrected chi connectivity index (χ4v) is 4.81. The van der Waals surface area contributed by atoms with Crippen molar-refractivity contribution in [2.24, 2.45) is 0 Å². The monoisotopic (exact) mass is 435 g/mol. The van der Waals surface area contributed by atoms with Crippen molar-refractivity contribution in [1.82, 2.24) is 10.2 Å². The van der Waals surface area contributed by atoms with E-state index in [4.69, 9.17) is 4.74 Å². The molecule has 1 aliphatic heterocycles. The lowest BCUT2D eigenvalue weighted by atomic mass is 10.1. The molecule has 0 spiro atoms. The average molecular weight is 436 g/mol. The normalized spacial score (nSPS) is 14.1. The lowest BCUT2D eigenvalue weighted by Crippen LogP contribution is -2.41. The van der Waals surface area contributed by atoms with E-state index in [1.807, 2.05) is 36.4 Å². The van der Waals surface area contributed by atoms with Crippen LogP contribution in [0.25, 0.3) is 0 Å². The van der Waals surface area contributed by atoms with E-state index in [0.717, 1.165) is 47.4 Å². The summed E-state index contributed by atoms with van der Waals surface area (Å²) in [6, 6.07) is 22.5. The summed E-state index contributed by atoms with van der Waals surface area (Å²) in [7, 11) is 2.10. The second-order valence-electron chi connectivity index (χ2n) is 7.87. The second-order valence-corrected chi connectivity index (χ2v) is 8.93. The predicted octanol–water partition coefficient (Wildman–Crippen LogP) is 4.92. The van der Waals surface area contributed by atoms with Gasteiger partial charge in [-0.05, 0) is 43.3 Å². The Morgan fingerprint density at radius 1 is 1.13 bits per heavy atom. The van der Waals surface area contributed by atoms with E-state index in [-0.39, 0.29) is 11.9 Å². The number of thiophene rings is 1. The first kappa shape index (κ1) is 21.4. The number of carbonyl (C=O) groups excluding carboxylic acids is 1. The molecule has 31 heavy (non-hydrogen) atoms. The van der Waals surface area contributed by atoms with Gasteiger partial charge in [0.2, 0.25) is 0 Å². The summed E-state index contributed by atoms with van der Waals surface area (Å²) in [5.74, 6) is 0.887. The van der Waals surface area contributed by atoms with E-state index in [9.17, 15) is 4.79 Å². The van der Waals surface area contributed by atoms with Gasteiger partial charge in [0.25, 0.3) is 5.91 Å². The molecule has 162 valence electrons. The molecule has 2 heterocycles. The Morgan fingerprint density at radius 2 is 1.90 bits per heavy atom. The Balaban J connectivity index is 1.38. The van der Waals surface area contributed by atoms with Gasteiger partial charge in [0.05, 0.1) is 22.1 Å². The number of benzene rings is 2. The minimum absolute atomic E-state index is 0.00208. The average Bonchev–Trinajstić information content (AvgIpc) is 3.29. The molecule has 3 aromatic rings. The summed E-state index contributed by atoms with van der Waals surface area (Å²) in [6.45, 7) is 5.22. The van der Waals surface area contributed by atoms with Gasteiger partial charge in [0.15, 0.2) is 0 Å². The third-order valence-electron chi connectivity index (χ3n) is 5.47. The molecule has 1 amide bonds. The fourth-order valence-electron chi connectivity index (χ4n) is 3.86. The molecular formula is C25H29N3O2S. The molecule has 2 aromatic carbocycles. The molecule has 0 saturated carbocycles. The Kier molecular flexibility index (Phi) is 6.89. The van der Waals surface area contributed by atoms with Crippen molar-refractivity contribution in [1.29, 1.82) is 0 Å². The predicted molar refractivity (Wildman–Crippen MR) is 128 cm³/mol. The van der Waals surface area contributed by atoms with Crippen LogP contribution >= 0.6 is 11.3 Å². The number of nitrogens with one attached hydrogen (secondary N) is 1. The summed E-state index contributed by atoms with van der Waals surface area (Å²) < 4.78 is 5.76. The van der Waals surface area contributed by atoms with Crippen molar-refractivity contribution < 1.29 is 9.53 Å². The third-order valence-corrected chi connectivity index (χ3v) is 6.57. The van der Waals surface area contributed by atoms with E-state index < -0.39 is 0 Å². The van der Waals surface area contributed by atoms with Gasteiger partial charge in [0.1, 0.15) is 12.4 Å². The summed E-state index contributed by atoms with van der Waals surface area (Å²) in [5, 5.41) is 4.29. The van der Waals surface area contributed by atoms with Crippen molar-refractivity contribution in [3.63, 3.8) is 0 Å². The quantitative estimate of drug-likeness (QED) is 0.546. The molecule has 1 aromatic heterocycles. The summed E-state index contributed by atoms with van der Waals surface area (Å²) >= 11 is 1.53. The van der Waals surface area contributed by atoms with Crippen LogP contribution < -0.4 is 15.0 Å². The molecule has 1 aliphatic rings. The first-order valence-electron chi connectivity index (χ1n) is 10.8. The van der Waals surface area contributed by atoms with Crippen LogP contribution in [0, 0.1) is 0 Å². The fraction of sp³-hybridized carbons (Fsp3) is 0.320. The number of hydrogen-bond donors (Lipinski definition) is 1. The van der Waals surface area contributed by atoms with E-state index in [0.29, 0.717) is 6.61 Å². The molecule has 5 nitrogen and oxygen atoms in total. The van der Waals surface area contributed by atoms with Gasteiger partial charge in [-0.25, -0.2) is 0 Å². The summed E-state index contributed by atoms with van der Waals surface area (Å²) in [5.41, 5.74) is 2.33. The molecule has 4 rings (SSSR count). The molecule has 1 N–H and O–H groups in total. The minimum Gasteiger partial charge on any atom is -0.490 e. The smallest absolute Gasteiger partial charge is 0.261 e. The number of amides is 1. The van der Waals surface area contributed by atoms with Crippen LogP contribution in [0.3, 0.4) is 0 Å². The highest BCUT2D eigenvalue weighted by Gasteiger charge is 2.22. The van der Waals surface area contributed by atoms with Crippen LogP contribution in [0.2, 0.25) is 0 Å². The Morgan fingerprint density at radius 3 is 2.71 bits per heavy atom. The highest BCUT2D eigenvalue weighted by Crippen LogP contribution is 2.39. The lowest BCUT2D eigenvalue weighted by Gasteiger charge is -2.29. The van der Waals surface area contributed by atoms with Gasteiger partial charge >= 0.3 is 0 Å². The van der Waals surface area contributed by atoms with E-state index in [1.54, 1.807) is 0 Å². The Hall–Kier alpha value is -2.83. The van der Waals surface area contributed by atoms with Gasteiger partial charge in [-0.3, -0.25) is 4.79 Å². The zero-order valence-electron chi connectivity index (χ0n) is 18.1. The number of anilines is 2. The van der Waals surface area contributed by atoms with Crippen LogP contribution in [0.4, 0.5) is 10.7 Å². The molecular weight excluding hydrogens is 406 g/mol. The number of rotatable bonds is 8. The van der Waals surface area contributed by atoms with Gasteiger partial charge in [-0.2, -0.15) is 0 Å². The van der Waals surface area contributed by atoms with E-state index in [1.165, 1.54) is 16.9 Å².